The minimum absolute atomic E-state index is 0.0409. The Bertz CT molecular complexity index is 484. The SMILES string of the molecule is CNCCC(=O)NC(Cc1ccccc1)C(=O)N1CCCC1. The summed E-state index contributed by atoms with van der Waals surface area (Å²) in [5.41, 5.74) is 1.06. The summed E-state index contributed by atoms with van der Waals surface area (Å²) in [6, 6.07) is 9.37. The van der Waals surface area contributed by atoms with Gasteiger partial charge in [-0.2, -0.15) is 0 Å². The summed E-state index contributed by atoms with van der Waals surface area (Å²) in [6.07, 6.45) is 3.03. The van der Waals surface area contributed by atoms with Crippen LogP contribution in [0, 0.1) is 0 Å². The van der Waals surface area contributed by atoms with E-state index in [1.807, 2.05) is 42.3 Å². The van der Waals surface area contributed by atoms with E-state index in [0.29, 0.717) is 19.4 Å². The van der Waals surface area contributed by atoms with E-state index < -0.39 is 6.04 Å². The van der Waals surface area contributed by atoms with E-state index in [-0.39, 0.29) is 11.8 Å². The Kier molecular flexibility index (Phi) is 6.40. The Morgan fingerprint density at radius 2 is 1.86 bits per heavy atom. The zero-order chi connectivity index (χ0) is 15.8. The third kappa shape index (κ3) is 4.84. The summed E-state index contributed by atoms with van der Waals surface area (Å²) in [7, 11) is 1.81. The fourth-order valence-corrected chi connectivity index (χ4v) is 2.71. The first-order valence-corrected chi connectivity index (χ1v) is 7.97. The molecule has 1 aromatic rings. The number of carbonyl (C=O) groups is 2. The molecule has 0 spiro atoms. The van der Waals surface area contributed by atoms with Gasteiger partial charge < -0.3 is 15.5 Å². The number of likely N-dealkylation sites (tertiary alicyclic amines) is 1. The second kappa shape index (κ2) is 8.54. The van der Waals surface area contributed by atoms with Crippen LogP contribution in [0.5, 0.6) is 0 Å². The van der Waals surface area contributed by atoms with Crippen molar-refractivity contribution in [3.8, 4) is 0 Å². The molecule has 0 aliphatic carbocycles. The molecular formula is C17H25N3O2. The van der Waals surface area contributed by atoms with Crippen LogP contribution in [0.3, 0.4) is 0 Å². The normalized spacial score (nSPS) is 15.6. The monoisotopic (exact) mass is 303 g/mol. The first kappa shape index (κ1) is 16.5. The summed E-state index contributed by atoms with van der Waals surface area (Å²) in [5.74, 6) is -0.0398. The quantitative estimate of drug-likeness (QED) is 0.788. The lowest BCUT2D eigenvalue weighted by molar-refractivity contribution is -0.135. The lowest BCUT2D eigenvalue weighted by Crippen LogP contribution is -2.49. The number of nitrogens with zero attached hydrogens (tertiary/aromatic N) is 1. The molecule has 1 aliphatic heterocycles. The number of rotatable bonds is 7. The van der Waals surface area contributed by atoms with E-state index in [2.05, 4.69) is 10.6 Å². The highest BCUT2D eigenvalue weighted by Gasteiger charge is 2.27. The van der Waals surface area contributed by atoms with Gasteiger partial charge in [-0.15, -0.1) is 0 Å². The molecule has 0 bridgehead atoms. The predicted molar refractivity (Wildman–Crippen MR) is 86.4 cm³/mol. The van der Waals surface area contributed by atoms with Crippen molar-refractivity contribution in [1.29, 1.82) is 0 Å². The lowest BCUT2D eigenvalue weighted by Gasteiger charge is -2.24. The van der Waals surface area contributed by atoms with Gasteiger partial charge in [-0.05, 0) is 25.5 Å². The molecule has 0 saturated carbocycles. The standard InChI is InChI=1S/C17H25N3O2/c1-18-10-9-16(21)19-15(13-14-7-3-2-4-8-14)17(22)20-11-5-6-12-20/h2-4,7-8,15,18H,5-6,9-13H2,1H3,(H,19,21). The van der Waals surface area contributed by atoms with Crippen molar-refractivity contribution in [2.24, 2.45) is 0 Å². The summed E-state index contributed by atoms with van der Waals surface area (Å²) in [5, 5.41) is 5.86. The smallest absolute Gasteiger partial charge is 0.245 e. The average Bonchev–Trinajstić information content (AvgIpc) is 3.07. The topological polar surface area (TPSA) is 61.4 Å². The molecule has 2 rings (SSSR count). The van der Waals surface area contributed by atoms with Gasteiger partial charge in [0, 0.05) is 32.5 Å². The molecule has 1 fully saturated rings. The van der Waals surface area contributed by atoms with Gasteiger partial charge in [-0.1, -0.05) is 30.3 Å². The van der Waals surface area contributed by atoms with Gasteiger partial charge >= 0.3 is 0 Å². The van der Waals surface area contributed by atoms with Crippen molar-refractivity contribution < 1.29 is 9.59 Å². The fraction of sp³-hybridized carbons (Fsp3) is 0.529. The van der Waals surface area contributed by atoms with Gasteiger partial charge in [0.25, 0.3) is 0 Å². The molecule has 120 valence electrons. The van der Waals surface area contributed by atoms with Gasteiger partial charge in [0.2, 0.25) is 11.8 Å². The number of hydrogen-bond acceptors (Lipinski definition) is 3. The van der Waals surface area contributed by atoms with E-state index in [4.69, 9.17) is 0 Å². The van der Waals surface area contributed by atoms with Crippen molar-refractivity contribution in [3.63, 3.8) is 0 Å². The van der Waals surface area contributed by atoms with Gasteiger partial charge in [0.05, 0.1) is 0 Å². The first-order valence-electron chi connectivity index (χ1n) is 7.97. The molecule has 1 aromatic carbocycles. The van der Waals surface area contributed by atoms with Crippen LogP contribution in [0.2, 0.25) is 0 Å². The van der Waals surface area contributed by atoms with Crippen LogP contribution in [0.15, 0.2) is 30.3 Å². The van der Waals surface area contributed by atoms with Crippen LogP contribution < -0.4 is 10.6 Å². The van der Waals surface area contributed by atoms with E-state index >= 15 is 0 Å². The van der Waals surface area contributed by atoms with Crippen LogP contribution in [0.4, 0.5) is 0 Å². The molecule has 0 radical (unpaired) electrons. The zero-order valence-corrected chi connectivity index (χ0v) is 13.2. The highest BCUT2D eigenvalue weighted by molar-refractivity contribution is 5.88. The second-order valence-corrected chi connectivity index (χ2v) is 5.70. The molecule has 5 heteroatoms. The van der Waals surface area contributed by atoms with Gasteiger partial charge in [0.1, 0.15) is 6.04 Å². The van der Waals surface area contributed by atoms with Crippen molar-refractivity contribution in [2.45, 2.75) is 31.7 Å². The Balaban J connectivity index is 2.02. The number of benzene rings is 1. The maximum Gasteiger partial charge on any atom is 0.245 e. The summed E-state index contributed by atoms with van der Waals surface area (Å²) < 4.78 is 0. The van der Waals surface area contributed by atoms with Gasteiger partial charge in [0.15, 0.2) is 0 Å². The van der Waals surface area contributed by atoms with Gasteiger partial charge in [-0.3, -0.25) is 9.59 Å². The lowest BCUT2D eigenvalue weighted by atomic mass is 10.0. The number of hydrogen-bond donors (Lipinski definition) is 2. The first-order chi connectivity index (χ1) is 10.7. The molecular weight excluding hydrogens is 278 g/mol. The van der Waals surface area contributed by atoms with E-state index in [1.54, 1.807) is 0 Å². The minimum Gasteiger partial charge on any atom is -0.344 e. The average molecular weight is 303 g/mol. The molecule has 1 heterocycles. The largest absolute Gasteiger partial charge is 0.344 e. The van der Waals surface area contributed by atoms with E-state index in [1.165, 1.54) is 0 Å². The third-order valence-electron chi connectivity index (χ3n) is 3.94. The third-order valence-corrected chi connectivity index (χ3v) is 3.94. The molecule has 5 nitrogen and oxygen atoms in total. The van der Waals surface area contributed by atoms with Crippen LogP contribution in [-0.2, 0) is 16.0 Å². The summed E-state index contributed by atoms with van der Waals surface area (Å²) in [4.78, 5) is 26.5. The Labute approximate surface area is 132 Å². The highest BCUT2D eigenvalue weighted by atomic mass is 16.2. The van der Waals surface area contributed by atoms with E-state index in [9.17, 15) is 9.59 Å². The van der Waals surface area contributed by atoms with Crippen molar-refractivity contribution in [1.82, 2.24) is 15.5 Å². The Morgan fingerprint density at radius 3 is 2.50 bits per heavy atom. The Hall–Kier alpha value is -1.88. The highest BCUT2D eigenvalue weighted by Crippen LogP contribution is 2.12. The molecule has 22 heavy (non-hydrogen) atoms. The maximum absolute atomic E-state index is 12.7. The second-order valence-electron chi connectivity index (χ2n) is 5.70. The number of carbonyl (C=O) groups excluding carboxylic acids is 2. The number of nitrogens with one attached hydrogen (secondary N) is 2. The van der Waals surface area contributed by atoms with Crippen LogP contribution in [0.25, 0.3) is 0 Å². The molecule has 2 N–H and O–H groups in total. The zero-order valence-electron chi connectivity index (χ0n) is 13.2. The fourth-order valence-electron chi connectivity index (χ4n) is 2.71. The molecule has 1 saturated heterocycles. The number of amides is 2. The minimum atomic E-state index is -0.468. The van der Waals surface area contributed by atoms with Crippen molar-refractivity contribution in [3.05, 3.63) is 35.9 Å². The Morgan fingerprint density at radius 1 is 1.18 bits per heavy atom. The molecule has 1 aliphatic rings. The molecule has 1 unspecified atom stereocenters. The van der Waals surface area contributed by atoms with E-state index in [0.717, 1.165) is 31.5 Å². The van der Waals surface area contributed by atoms with Crippen molar-refractivity contribution in [2.75, 3.05) is 26.7 Å². The van der Waals surface area contributed by atoms with Gasteiger partial charge in [-0.25, -0.2) is 0 Å². The van der Waals surface area contributed by atoms with Crippen molar-refractivity contribution >= 4 is 11.8 Å². The van der Waals surface area contributed by atoms with Crippen LogP contribution in [0.1, 0.15) is 24.8 Å². The predicted octanol–water partition coefficient (Wildman–Crippen LogP) is 0.946. The van der Waals surface area contributed by atoms with Crippen LogP contribution in [-0.4, -0.2) is 49.4 Å². The molecule has 2 amide bonds. The maximum atomic E-state index is 12.7. The summed E-state index contributed by atoms with van der Waals surface area (Å²) >= 11 is 0. The van der Waals surface area contributed by atoms with Crippen LogP contribution >= 0.6 is 0 Å². The molecule has 1 atom stereocenters. The molecule has 0 aromatic heterocycles. The summed E-state index contributed by atoms with van der Waals surface area (Å²) in [6.45, 7) is 2.22.